The van der Waals surface area contributed by atoms with Crippen molar-refractivity contribution >= 4 is 29.0 Å². The number of ether oxygens (including phenoxy) is 1. The van der Waals surface area contributed by atoms with Crippen LogP contribution in [0.25, 0.3) is 0 Å². The van der Waals surface area contributed by atoms with E-state index in [1.54, 1.807) is 7.11 Å². The van der Waals surface area contributed by atoms with Gasteiger partial charge in [-0.3, -0.25) is 0 Å². The third-order valence-electron chi connectivity index (χ3n) is 2.80. The van der Waals surface area contributed by atoms with Crippen molar-refractivity contribution in [2.24, 2.45) is 0 Å². The van der Waals surface area contributed by atoms with Gasteiger partial charge in [-0.1, -0.05) is 23.2 Å². The molecule has 0 amide bonds. The number of nitrogens with zero attached hydrogens (tertiary/aromatic N) is 3. The van der Waals surface area contributed by atoms with Gasteiger partial charge in [-0.25, -0.2) is 0 Å². The van der Waals surface area contributed by atoms with Gasteiger partial charge in [0.1, 0.15) is 5.02 Å². The number of hydrogen-bond donors (Lipinski definition) is 0. The molecule has 0 bridgehead atoms. The van der Waals surface area contributed by atoms with Crippen LogP contribution in [0.4, 0.5) is 5.82 Å². The average Bonchev–Trinajstić information content (AvgIpc) is 2.33. The van der Waals surface area contributed by atoms with Gasteiger partial charge in [0, 0.05) is 20.2 Å². The van der Waals surface area contributed by atoms with Crippen LogP contribution in [-0.4, -0.2) is 36.5 Å². The quantitative estimate of drug-likeness (QED) is 0.820. The number of halogens is 2. The molecule has 1 fully saturated rings. The lowest BCUT2D eigenvalue weighted by Gasteiger charge is -2.32. The summed E-state index contributed by atoms with van der Waals surface area (Å²) in [5.74, 6) is 0.670. The van der Waals surface area contributed by atoms with Gasteiger partial charge >= 0.3 is 0 Å². The number of aromatic nitrogens is 2. The van der Waals surface area contributed by atoms with E-state index in [0.29, 0.717) is 22.0 Å². The fraction of sp³-hybridized carbons (Fsp3) is 0.600. The highest BCUT2D eigenvalue weighted by Gasteiger charge is 2.22. The number of rotatable bonds is 2. The van der Waals surface area contributed by atoms with Gasteiger partial charge < -0.3 is 9.64 Å². The summed E-state index contributed by atoms with van der Waals surface area (Å²) >= 11 is 12.0. The van der Waals surface area contributed by atoms with Gasteiger partial charge in [-0.2, -0.15) is 5.10 Å². The van der Waals surface area contributed by atoms with Crippen LogP contribution in [0.5, 0.6) is 0 Å². The van der Waals surface area contributed by atoms with Gasteiger partial charge in [0.15, 0.2) is 5.82 Å². The Hall–Kier alpha value is -0.580. The molecule has 0 radical (unpaired) electrons. The topological polar surface area (TPSA) is 38.2 Å². The summed E-state index contributed by atoms with van der Waals surface area (Å²) in [6.07, 6.45) is 3.74. The predicted octanol–water partition coefficient (Wildman–Crippen LogP) is 2.40. The van der Waals surface area contributed by atoms with Crippen molar-refractivity contribution in [3.8, 4) is 0 Å². The van der Waals surface area contributed by atoms with Crippen molar-refractivity contribution in [1.82, 2.24) is 10.2 Å². The van der Waals surface area contributed by atoms with Crippen molar-refractivity contribution in [2.45, 2.75) is 18.9 Å². The maximum absolute atomic E-state index is 6.09. The second kappa shape index (κ2) is 5.17. The van der Waals surface area contributed by atoms with Gasteiger partial charge in [0.05, 0.1) is 17.3 Å². The van der Waals surface area contributed by atoms with Gasteiger partial charge in [0.25, 0.3) is 0 Å². The second-order valence-electron chi connectivity index (χ2n) is 3.75. The van der Waals surface area contributed by atoms with E-state index in [1.807, 2.05) is 0 Å². The zero-order chi connectivity index (χ0) is 11.5. The van der Waals surface area contributed by atoms with E-state index in [-0.39, 0.29) is 0 Å². The zero-order valence-corrected chi connectivity index (χ0v) is 10.5. The molecule has 2 heterocycles. The molecule has 1 aliphatic rings. The predicted molar refractivity (Wildman–Crippen MR) is 64.3 cm³/mol. The van der Waals surface area contributed by atoms with Crippen LogP contribution >= 0.6 is 23.2 Å². The molecule has 0 aromatic carbocycles. The van der Waals surface area contributed by atoms with Crippen LogP contribution in [-0.2, 0) is 4.74 Å². The van der Waals surface area contributed by atoms with E-state index in [9.17, 15) is 0 Å². The van der Waals surface area contributed by atoms with Crippen molar-refractivity contribution in [3.05, 3.63) is 16.2 Å². The van der Waals surface area contributed by atoms with Crippen molar-refractivity contribution in [2.75, 3.05) is 25.1 Å². The Balaban J connectivity index is 2.11. The molecule has 88 valence electrons. The lowest BCUT2D eigenvalue weighted by Crippen LogP contribution is -2.37. The van der Waals surface area contributed by atoms with E-state index >= 15 is 0 Å². The highest BCUT2D eigenvalue weighted by Crippen LogP contribution is 2.31. The second-order valence-corrected chi connectivity index (χ2v) is 4.54. The zero-order valence-electron chi connectivity index (χ0n) is 8.99. The van der Waals surface area contributed by atoms with E-state index < -0.39 is 0 Å². The molecular formula is C10H13Cl2N3O. The fourth-order valence-electron chi connectivity index (χ4n) is 1.85. The van der Waals surface area contributed by atoms with Gasteiger partial charge in [-0.05, 0) is 12.8 Å². The molecule has 0 aliphatic carbocycles. The first-order valence-corrected chi connectivity index (χ1v) is 5.92. The third-order valence-corrected chi connectivity index (χ3v) is 3.56. The molecule has 1 aromatic heterocycles. The Bertz CT molecular complexity index is 367. The Morgan fingerprint density at radius 1 is 1.38 bits per heavy atom. The highest BCUT2D eigenvalue weighted by atomic mass is 35.5. The van der Waals surface area contributed by atoms with Crippen LogP contribution in [0.3, 0.4) is 0 Å². The molecule has 0 spiro atoms. The van der Waals surface area contributed by atoms with Crippen LogP contribution in [0, 0.1) is 0 Å². The molecule has 0 atom stereocenters. The largest absolute Gasteiger partial charge is 0.381 e. The maximum atomic E-state index is 6.09. The Morgan fingerprint density at radius 2 is 2.06 bits per heavy atom. The molecule has 0 unspecified atom stereocenters. The summed E-state index contributed by atoms with van der Waals surface area (Å²) < 4.78 is 5.31. The van der Waals surface area contributed by atoms with Crippen LogP contribution < -0.4 is 4.90 Å². The van der Waals surface area contributed by atoms with Crippen LogP contribution in [0.2, 0.25) is 10.0 Å². The summed E-state index contributed by atoms with van der Waals surface area (Å²) in [5, 5.41) is 8.78. The highest BCUT2D eigenvalue weighted by molar-refractivity contribution is 6.43. The molecule has 0 saturated carbocycles. The number of methoxy groups -OCH3 is 1. The molecule has 1 aromatic rings. The first-order valence-electron chi connectivity index (χ1n) is 5.16. The minimum Gasteiger partial charge on any atom is -0.381 e. The lowest BCUT2D eigenvalue weighted by molar-refractivity contribution is 0.0818. The first-order chi connectivity index (χ1) is 7.72. The van der Waals surface area contributed by atoms with Crippen LogP contribution in [0.1, 0.15) is 12.8 Å². The first kappa shape index (κ1) is 11.9. The Kier molecular flexibility index (Phi) is 3.84. The molecule has 1 saturated heterocycles. The summed E-state index contributed by atoms with van der Waals surface area (Å²) in [6.45, 7) is 1.74. The van der Waals surface area contributed by atoms with E-state index in [0.717, 1.165) is 25.9 Å². The minimum atomic E-state index is 0.335. The van der Waals surface area contributed by atoms with E-state index in [4.69, 9.17) is 27.9 Å². The van der Waals surface area contributed by atoms with Crippen molar-refractivity contribution in [3.63, 3.8) is 0 Å². The lowest BCUT2D eigenvalue weighted by atomic mass is 10.1. The van der Waals surface area contributed by atoms with Gasteiger partial charge in [-0.15, -0.1) is 5.10 Å². The average molecular weight is 262 g/mol. The molecule has 1 aliphatic heterocycles. The minimum absolute atomic E-state index is 0.335. The number of hydrogen-bond acceptors (Lipinski definition) is 4. The number of anilines is 1. The van der Waals surface area contributed by atoms with Gasteiger partial charge in [0.2, 0.25) is 0 Å². The molecule has 0 N–H and O–H groups in total. The summed E-state index contributed by atoms with van der Waals surface area (Å²) in [4.78, 5) is 2.09. The third kappa shape index (κ3) is 2.39. The molecule has 4 nitrogen and oxygen atoms in total. The summed E-state index contributed by atoms with van der Waals surface area (Å²) in [6, 6.07) is 0. The normalized spacial score (nSPS) is 17.8. The fourth-order valence-corrected chi connectivity index (χ4v) is 2.18. The molecular weight excluding hydrogens is 249 g/mol. The molecule has 2 rings (SSSR count). The Morgan fingerprint density at radius 3 is 2.69 bits per heavy atom. The van der Waals surface area contributed by atoms with Crippen molar-refractivity contribution in [1.29, 1.82) is 0 Å². The molecule has 16 heavy (non-hydrogen) atoms. The SMILES string of the molecule is COC1CCN(c2nncc(Cl)c2Cl)CC1. The number of piperidine rings is 1. The summed E-state index contributed by atoms with van der Waals surface area (Å²) in [7, 11) is 1.74. The monoisotopic (exact) mass is 261 g/mol. The van der Waals surface area contributed by atoms with Crippen LogP contribution in [0.15, 0.2) is 6.20 Å². The van der Waals surface area contributed by atoms with E-state index in [2.05, 4.69) is 15.1 Å². The smallest absolute Gasteiger partial charge is 0.171 e. The Labute approximate surface area is 105 Å². The maximum Gasteiger partial charge on any atom is 0.171 e. The van der Waals surface area contributed by atoms with Crippen molar-refractivity contribution < 1.29 is 4.74 Å². The summed E-state index contributed by atoms with van der Waals surface area (Å²) in [5.41, 5.74) is 0. The molecule has 6 heteroatoms. The standard InChI is InChI=1S/C10H13Cl2N3O/c1-16-7-2-4-15(5-3-7)10-9(12)8(11)6-13-14-10/h6-7H,2-5H2,1H3. The van der Waals surface area contributed by atoms with E-state index in [1.165, 1.54) is 6.20 Å².